The van der Waals surface area contributed by atoms with Crippen molar-refractivity contribution >= 4 is 17.8 Å². The summed E-state index contributed by atoms with van der Waals surface area (Å²) in [5.41, 5.74) is 2.23. The van der Waals surface area contributed by atoms with E-state index in [1.165, 1.54) is 12.6 Å². The highest BCUT2D eigenvalue weighted by Gasteiger charge is 2.23. The van der Waals surface area contributed by atoms with Gasteiger partial charge in [-0.3, -0.25) is 14.8 Å². The number of benzene rings is 1. The minimum atomic E-state index is -1.19. The molecule has 0 bridgehead atoms. The van der Waals surface area contributed by atoms with Crippen molar-refractivity contribution in [3.05, 3.63) is 41.5 Å². The highest BCUT2D eigenvalue weighted by Crippen LogP contribution is 2.14. The maximum atomic E-state index is 12.4. The lowest BCUT2D eigenvalue weighted by molar-refractivity contribution is -0.141. The zero-order valence-corrected chi connectivity index (χ0v) is 15.0. The molecule has 0 saturated heterocycles. The van der Waals surface area contributed by atoms with Crippen molar-refractivity contribution < 1.29 is 29.4 Å². The molecule has 1 aromatic rings. The minimum absolute atomic E-state index is 0.0587. The first-order valence-corrected chi connectivity index (χ1v) is 8.08. The Labute approximate surface area is 151 Å². The number of carbonyl (C=O) groups is 3. The summed E-state index contributed by atoms with van der Waals surface area (Å²) >= 11 is 0. The molecule has 1 unspecified atom stereocenters. The van der Waals surface area contributed by atoms with Crippen molar-refractivity contribution in [1.82, 2.24) is 10.8 Å². The third-order valence-electron chi connectivity index (χ3n) is 3.54. The van der Waals surface area contributed by atoms with E-state index in [1.807, 2.05) is 13.8 Å². The quantitative estimate of drug-likeness (QED) is 0.297. The predicted molar refractivity (Wildman–Crippen MR) is 93.7 cm³/mol. The van der Waals surface area contributed by atoms with Crippen LogP contribution in [0, 0.1) is 5.92 Å². The van der Waals surface area contributed by atoms with Gasteiger partial charge in [0.25, 0.3) is 5.91 Å². The first kappa shape index (κ1) is 21.2. The second-order valence-corrected chi connectivity index (χ2v) is 6.16. The molecule has 8 nitrogen and oxygen atoms in total. The Kier molecular flexibility index (Phi) is 8.30. The molecule has 0 spiro atoms. The number of amides is 2. The van der Waals surface area contributed by atoms with Gasteiger partial charge in [-0.25, -0.2) is 10.3 Å². The van der Waals surface area contributed by atoms with Crippen molar-refractivity contribution in [2.45, 2.75) is 32.7 Å². The monoisotopic (exact) mass is 364 g/mol. The lowest BCUT2D eigenvalue weighted by Gasteiger charge is -2.17. The Bertz CT molecular complexity index is 667. The number of carboxylic acid groups (broad SMARTS) is 1. The average molecular weight is 364 g/mol. The van der Waals surface area contributed by atoms with Crippen LogP contribution in [0.25, 0.3) is 0 Å². The lowest BCUT2D eigenvalue weighted by atomic mass is 10.0. The Balaban J connectivity index is 2.91. The number of rotatable bonds is 9. The first-order chi connectivity index (χ1) is 12.3. The van der Waals surface area contributed by atoms with Gasteiger partial charge >= 0.3 is 5.97 Å². The van der Waals surface area contributed by atoms with Gasteiger partial charge in [0.15, 0.2) is 0 Å². The molecule has 0 radical (unpaired) electrons. The van der Waals surface area contributed by atoms with E-state index >= 15 is 0 Å². The molecule has 0 aliphatic heterocycles. The number of hydroxylamine groups is 1. The molecule has 0 saturated carbocycles. The molecule has 0 aliphatic carbocycles. The Hall–Kier alpha value is -2.87. The zero-order chi connectivity index (χ0) is 19.7. The number of hydrogen-bond donors (Lipinski definition) is 4. The van der Waals surface area contributed by atoms with Crippen molar-refractivity contribution in [2.75, 3.05) is 7.11 Å². The first-order valence-electron chi connectivity index (χ1n) is 8.08. The maximum Gasteiger partial charge on any atom is 0.326 e. The molecule has 1 rings (SSSR count). The SMILES string of the molecule is COc1ccc(CC(NC(=O)/C(=C/C(=O)NO)CC(C)C)C(=O)O)cc1. The topological polar surface area (TPSA) is 125 Å². The number of nitrogens with one attached hydrogen (secondary N) is 2. The van der Waals surface area contributed by atoms with Crippen LogP contribution in [-0.2, 0) is 20.8 Å². The number of methoxy groups -OCH3 is 1. The highest BCUT2D eigenvalue weighted by molar-refractivity contribution is 6.01. The number of hydrogen-bond acceptors (Lipinski definition) is 5. The molecule has 1 aromatic carbocycles. The van der Waals surface area contributed by atoms with Crippen molar-refractivity contribution in [3.8, 4) is 5.75 Å². The summed E-state index contributed by atoms with van der Waals surface area (Å²) in [5.74, 6) is -2.00. The Morgan fingerprint density at radius 2 is 1.81 bits per heavy atom. The average Bonchev–Trinajstić information content (AvgIpc) is 2.60. The van der Waals surface area contributed by atoms with Gasteiger partial charge in [-0.2, -0.15) is 0 Å². The fourth-order valence-corrected chi connectivity index (χ4v) is 2.30. The molecular weight excluding hydrogens is 340 g/mol. The van der Waals surface area contributed by atoms with Gasteiger partial charge in [-0.15, -0.1) is 0 Å². The normalized spacial score (nSPS) is 12.4. The second kappa shape index (κ2) is 10.2. The molecule has 1 atom stereocenters. The number of carbonyl (C=O) groups excluding carboxylic acids is 2. The van der Waals surface area contributed by atoms with E-state index in [-0.39, 0.29) is 24.3 Å². The summed E-state index contributed by atoms with van der Waals surface area (Å²) in [4.78, 5) is 35.3. The van der Waals surface area contributed by atoms with Crippen LogP contribution in [0.15, 0.2) is 35.9 Å². The van der Waals surface area contributed by atoms with E-state index in [9.17, 15) is 19.5 Å². The maximum absolute atomic E-state index is 12.4. The van der Waals surface area contributed by atoms with Gasteiger partial charge in [0.1, 0.15) is 11.8 Å². The molecule has 26 heavy (non-hydrogen) atoms. The fourth-order valence-electron chi connectivity index (χ4n) is 2.30. The van der Waals surface area contributed by atoms with Crippen LogP contribution in [0.2, 0.25) is 0 Å². The lowest BCUT2D eigenvalue weighted by Crippen LogP contribution is -2.43. The van der Waals surface area contributed by atoms with Gasteiger partial charge in [-0.1, -0.05) is 26.0 Å². The summed E-state index contributed by atoms with van der Waals surface area (Å²) in [7, 11) is 1.53. The standard InChI is InChI=1S/C18H24N2O6/c1-11(2)8-13(10-16(21)20-25)17(22)19-15(18(23)24)9-12-4-6-14(26-3)7-5-12/h4-7,10-11,15,25H,8-9H2,1-3H3,(H,19,22)(H,20,21)(H,23,24)/b13-10+. The second-order valence-electron chi connectivity index (χ2n) is 6.16. The van der Waals surface area contributed by atoms with Gasteiger partial charge in [0, 0.05) is 18.1 Å². The van der Waals surface area contributed by atoms with Crippen LogP contribution >= 0.6 is 0 Å². The third kappa shape index (κ3) is 6.94. The molecular formula is C18H24N2O6. The minimum Gasteiger partial charge on any atom is -0.497 e. The molecule has 8 heteroatoms. The number of carboxylic acids is 1. The van der Waals surface area contributed by atoms with Gasteiger partial charge in [-0.05, 0) is 30.0 Å². The van der Waals surface area contributed by atoms with Crippen LogP contribution in [-0.4, -0.2) is 41.2 Å². The largest absolute Gasteiger partial charge is 0.497 e. The van der Waals surface area contributed by atoms with Crippen molar-refractivity contribution in [1.29, 1.82) is 0 Å². The van der Waals surface area contributed by atoms with Crippen molar-refractivity contribution in [3.63, 3.8) is 0 Å². The van der Waals surface area contributed by atoms with E-state index in [2.05, 4.69) is 5.32 Å². The summed E-state index contributed by atoms with van der Waals surface area (Å²) in [6, 6.07) is 5.66. The smallest absolute Gasteiger partial charge is 0.326 e. The number of aliphatic carboxylic acids is 1. The molecule has 142 valence electrons. The summed E-state index contributed by atoms with van der Waals surface area (Å²) < 4.78 is 5.05. The van der Waals surface area contributed by atoms with Crippen LogP contribution < -0.4 is 15.5 Å². The van der Waals surface area contributed by atoms with E-state index in [1.54, 1.807) is 24.3 Å². The van der Waals surface area contributed by atoms with Gasteiger partial charge < -0.3 is 15.2 Å². The predicted octanol–water partition coefficient (Wildman–Crippen LogP) is 1.29. The van der Waals surface area contributed by atoms with E-state index in [4.69, 9.17) is 9.94 Å². The molecule has 2 amide bonds. The fraction of sp³-hybridized carbons (Fsp3) is 0.389. The molecule has 0 aliphatic rings. The number of ether oxygens (including phenoxy) is 1. The Morgan fingerprint density at radius 1 is 1.19 bits per heavy atom. The highest BCUT2D eigenvalue weighted by atomic mass is 16.5. The molecule has 0 aromatic heterocycles. The molecule has 4 N–H and O–H groups in total. The van der Waals surface area contributed by atoms with Crippen molar-refractivity contribution in [2.24, 2.45) is 5.92 Å². The van der Waals surface area contributed by atoms with Crippen LogP contribution in [0.3, 0.4) is 0 Å². The van der Waals surface area contributed by atoms with Crippen LogP contribution in [0.5, 0.6) is 5.75 Å². The summed E-state index contributed by atoms with van der Waals surface area (Å²) in [5, 5.41) is 20.5. The molecule has 0 heterocycles. The Morgan fingerprint density at radius 3 is 2.27 bits per heavy atom. The third-order valence-corrected chi connectivity index (χ3v) is 3.54. The van der Waals surface area contributed by atoms with E-state index in [0.29, 0.717) is 11.3 Å². The van der Waals surface area contributed by atoms with Gasteiger partial charge in [0.05, 0.1) is 7.11 Å². The van der Waals surface area contributed by atoms with Crippen LogP contribution in [0.4, 0.5) is 0 Å². The van der Waals surface area contributed by atoms with Gasteiger partial charge in [0.2, 0.25) is 5.91 Å². The summed E-state index contributed by atoms with van der Waals surface area (Å²) in [6.07, 6.45) is 1.29. The van der Waals surface area contributed by atoms with E-state index in [0.717, 1.165) is 6.08 Å². The van der Waals surface area contributed by atoms with E-state index < -0.39 is 23.8 Å². The molecule has 0 fully saturated rings. The van der Waals surface area contributed by atoms with Crippen LogP contribution in [0.1, 0.15) is 25.8 Å². The zero-order valence-electron chi connectivity index (χ0n) is 15.0. The summed E-state index contributed by atoms with van der Waals surface area (Å²) in [6.45, 7) is 3.70.